The fourth-order valence-corrected chi connectivity index (χ4v) is 1.02. The Morgan fingerprint density at radius 3 is 2.73 bits per heavy atom. The number of carbonyl (C=O) groups is 1. The molecule has 0 fully saturated rings. The Hall–Kier alpha value is -1.55. The van der Waals surface area contributed by atoms with E-state index in [2.05, 4.69) is 5.32 Å². The Balaban J connectivity index is 2.15. The van der Waals surface area contributed by atoms with E-state index in [9.17, 15) is 4.79 Å². The second-order valence-electron chi connectivity index (χ2n) is 3.24. The number of nitrogens with one attached hydrogen (secondary N) is 1. The lowest BCUT2D eigenvalue weighted by Gasteiger charge is -2.08. The van der Waals surface area contributed by atoms with Crippen LogP contribution in [0.2, 0.25) is 0 Å². The van der Waals surface area contributed by atoms with Crippen LogP contribution in [0.4, 0.5) is 0 Å². The van der Waals surface area contributed by atoms with Gasteiger partial charge in [-0.15, -0.1) is 0 Å². The van der Waals surface area contributed by atoms with Crippen molar-refractivity contribution in [2.45, 2.75) is 13.0 Å². The lowest BCUT2D eigenvalue weighted by Crippen LogP contribution is -2.40. The molecule has 0 saturated heterocycles. The van der Waals surface area contributed by atoms with Crippen molar-refractivity contribution in [3.05, 3.63) is 30.3 Å². The summed E-state index contributed by atoms with van der Waals surface area (Å²) in [6.07, 6.45) is 0. The van der Waals surface area contributed by atoms with Gasteiger partial charge in [-0.05, 0) is 19.1 Å². The van der Waals surface area contributed by atoms with Gasteiger partial charge in [-0.2, -0.15) is 0 Å². The molecule has 0 aromatic heterocycles. The molecule has 0 bridgehead atoms. The zero-order valence-electron chi connectivity index (χ0n) is 8.77. The summed E-state index contributed by atoms with van der Waals surface area (Å²) < 4.78 is 5.38. The summed E-state index contributed by atoms with van der Waals surface area (Å²) in [4.78, 5) is 11.1. The molecule has 0 saturated carbocycles. The minimum atomic E-state index is -0.471. The number of hydrogen-bond donors (Lipinski definition) is 2. The average Bonchev–Trinajstić information content (AvgIpc) is 2.25. The topological polar surface area (TPSA) is 64.4 Å². The molecule has 1 rings (SSSR count). The molecule has 1 aromatic rings. The minimum Gasteiger partial charge on any atom is -0.492 e. The highest BCUT2D eigenvalue weighted by molar-refractivity contribution is 5.80. The first-order chi connectivity index (χ1) is 7.20. The molecule has 0 aliphatic carbocycles. The first-order valence-electron chi connectivity index (χ1n) is 4.91. The van der Waals surface area contributed by atoms with Crippen LogP contribution in [0.1, 0.15) is 6.92 Å². The number of hydrogen-bond acceptors (Lipinski definition) is 3. The smallest absolute Gasteiger partial charge is 0.236 e. The van der Waals surface area contributed by atoms with Gasteiger partial charge in [-0.3, -0.25) is 4.79 Å². The van der Waals surface area contributed by atoms with Crippen LogP contribution in [0, 0.1) is 0 Å². The van der Waals surface area contributed by atoms with Crippen molar-refractivity contribution in [3.8, 4) is 5.75 Å². The number of amides is 1. The summed E-state index contributed by atoms with van der Waals surface area (Å²) in [7, 11) is 0. The molecule has 82 valence electrons. The fraction of sp³-hybridized carbons (Fsp3) is 0.364. The molecule has 0 heterocycles. The number of carbonyl (C=O) groups excluding carboxylic acids is 1. The predicted octanol–water partition coefficient (Wildman–Crippen LogP) is 0.529. The van der Waals surface area contributed by atoms with E-state index in [0.29, 0.717) is 13.2 Å². The third-order valence-corrected chi connectivity index (χ3v) is 1.83. The molecule has 4 heteroatoms. The molecule has 1 amide bonds. The molecule has 3 N–H and O–H groups in total. The Morgan fingerprint density at radius 1 is 1.47 bits per heavy atom. The number of ether oxygens (including phenoxy) is 1. The largest absolute Gasteiger partial charge is 0.492 e. The van der Waals surface area contributed by atoms with Crippen molar-refractivity contribution in [1.82, 2.24) is 5.32 Å². The van der Waals surface area contributed by atoms with Crippen LogP contribution < -0.4 is 15.8 Å². The molecule has 0 spiro atoms. The highest BCUT2D eigenvalue weighted by Gasteiger charge is 2.04. The Morgan fingerprint density at radius 2 is 2.13 bits per heavy atom. The Kier molecular flexibility index (Phi) is 4.63. The molecular formula is C11H16N2O2. The number of benzene rings is 1. The van der Waals surface area contributed by atoms with Gasteiger partial charge < -0.3 is 15.8 Å². The molecule has 0 aliphatic rings. The van der Waals surface area contributed by atoms with Gasteiger partial charge in [0.15, 0.2) is 0 Å². The Labute approximate surface area is 89.4 Å². The summed E-state index contributed by atoms with van der Waals surface area (Å²) in [6, 6.07) is 8.98. The van der Waals surface area contributed by atoms with Crippen LogP contribution in [-0.2, 0) is 4.79 Å². The van der Waals surface area contributed by atoms with Gasteiger partial charge in [0.05, 0.1) is 12.6 Å². The Bertz CT molecular complexity index is 299. The van der Waals surface area contributed by atoms with Gasteiger partial charge in [0.2, 0.25) is 5.91 Å². The summed E-state index contributed by atoms with van der Waals surface area (Å²) in [5.41, 5.74) is 5.38. The maximum atomic E-state index is 11.1. The zero-order valence-corrected chi connectivity index (χ0v) is 8.77. The van der Waals surface area contributed by atoms with E-state index in [1.807, 2.05) is 30.3 Å². The van der Waals surface area contributed by atoms with Gasteiger partial charge in [0.25, 0.3) is 0 Å². The number of para-hydroxylation sites is 1. The van der Waals surface area contributed by atoms with Crippen LogP contribution in [0.25, 0.3) is 0 Å². The molecule has 1 aromatic carbocycles. The highest BCUT2D eigenvalue weighted by atomic mass is 16.5. The maximum absolute atomic E-state index is 11.1. The van der Waals surface area contributed by atoms with Crippen molar-refractivity contribution in [2.75, 3.05) is 13.2 Å². The number of nitrogens with two attached hydrogens (primary N) is 1. The van der Waals surface area contributed by atoms with E-state index in [0.717, 1.165) is 5.75 Å². The lowest BCUT2D eigenvalue weighted by atomic mass is 10.3. The van der Waals surface area contributed by atoms with Crippen molar-refractivity contribution in [1.29, 1.82) is 0 Å². The SMILES string of the molecule is C[C@@H](N)C(=O)NCCOc1ccccc1. The number of rotatable bonds is 5. The summed E-state index contributed by atoms with van der Waals surface area (Å²) in [5.74, 6) is 0.638. The fourth-order valence-electron chi connectivity index (χ4n) is 1.02. The predicted molar refractivity (Wildman–Crippen MR) is 58.6 cm³/mol. The van der Waals surface area contributed by atoms with Crippen molar-refractivity contribution < 1.29 is 9.53 Å². The van der Waals surface area contributed by atoms with E-state index in [1.165, 1.54) is 0 Å². The molecule has 0 radical (unpaired) electrons. The standard InChI is InChI=1S/C11H16N2O2/c1-9(12)11(14)13-7-8-15-10-5-3-2-4-6-10/h2-6,9H,7-8,12H2,1H3,(H,13,14)/t9-/m1/s1. The maximum Gasteiger partial charge on any atom is 0.236 e. The quantitative estimate of drug-likeness (QED) is 0.694. The van der Waals surface area contributed by atoms with E-state index < -0.39 is 6.04 Å². The first-order valence-corrected chi connectivity index (χ1v) is 4.91. The minimum absolute atomic E-state index is 0.160. The second kappa shape index (κ2) is 6.03. The van der Waals surface area contributed by atoms with E-state index >= 15 is 0 Å². The highest BCUT2D eigenvalue weighted by Crippen LogP contribution is 2.07. The normalized spacial score (nSPS) is 11.9. The van der Waals surface area contributed by atoms with E-state index in [-0.39, 0.29) is 5.91 Å². The zero-order chi connectivity index (χ0) is 11.1. The van der Waals surface area contributed by atoms with Gasteiger partial charge in [-0.1, -0.05) is 18.2 Å². The third kappa shape index (κ3) is 4.46. The summed E-state index contributed by atoms with van der Waals surface area (Å²) in [5, 5.41) is 2.66. The lowest BCUT2D eigenvalue weighted by molar-refractivity contribution is -0.122. The van der Waals surface area contributed by atoms with Gasteiger partial charge in [0.1, 0.15) is 12.4 Å². The van der Waals surface area contributed by atoms with E-state index in [1.54, 1.807) is 6.92 Å². The monoisotopic (exact) mass is 208 g/mol. The molecule has 15 heavy (non-hydrogen) atoms. The van der Waals surface area contributed by atoms with Gasteiger partial charge in [-0.25, -0.2) is 0 Å². The van der Waals surface area contributed by atoms with Crippen LogP contribution in [0.5, 0.6) is 5.75 Å². The third-order valence-electron chi connectivity index (χ3n) is 1.83. The molecule has 0 unspecified atom stereocenters. The van der Waals surface area contributed by atoms with Crippen LogP contribution >= 0.6 is 0 Å². The van der Waals surface area contributed by atoms with Crippen LogP contribution in [0.15, 0.2) is 30.3 Å². The summed E-state index contributed by atoms with van der Waals surface area (Å²) >= 11 is 0. The van der Waals surface area contributed by atoms with Crippen LogP contribution in [-0.4, -0.2) is 25.1 Å². The van der Waals surface area contributed by atoms with Gasteiger partial charge >= 0.3 is 0 Å². The summed E-state index contributed by atoms with van der Waals surface area (Å²) in [6.45, 7) is 2.56. The van der Waals surface area contributed by atoms with Gasteiger partial charge in [0, 0.05) is 0 Å². The second-order valence-corrected chi connectivity index (χ2v) is 3.24. The molecule has 0 aliphatic heterocycles. The van der Waals surface area contributed by atoms with E-state index in [4.69, 9.17) is 10.5 Å². The average molecular weight is 208 g/mol. The van der Waals surface area contributed by atoms with Crippen LogP contribution in [0.3, 0.4) is 0 Å². The van der Waals surface area contributed by atoms with Crippen molar-refractivity contribution in [3.63, 3.8) is 0 Å². The molecule has 1 atom stereocenters. The van der Waals surface area contributed by atoms with Crippen molar-refractivity contribution >= 4 is 5.91 Å². The molecular weight excluding hydrogens is 192 g/mol. The molecule has 4 nitrogen and oxygen atoms in total. The van der Waals surface area contributed by atoms with Crippen molar-refractivity contribution in [2.24, 2.45) is 5.73 Å². The first kappa shape index (κ1) is 11.5.